The summed E-state index contributed by atoms with van der Waals surface area (Å²) in [5, 5.41) is 7.38. The Labute approximate surface area is 143 Å². The van der Waals surface area contributed by atoms with Crippen molar-refractivity contribution in [2.45, 2.75) is 25.8 Å². The highest BCUT2D eigenvalue weighted by molar-refractivity contribution is 7.13. The van der Waals surface area contributed by atoms with Crippen molar-refractivity contribution < 1.29 is 0 Å². The van der Waals surface area contributed by atoms with Crippen LogP contribution in [0.1, 0.15) is 18.5 Å². The number of aromatic amines is 1. The third kappa shape index (κ3) is 3.14. The van der Waals surface area contributed by atoms with Gasteiger partial charge >= 0.3 is 0 Å². The van der Waals surface area contributed by atoms with Crippen molar-refractivity contribution in [1.29, 1.82) is 0 Å². The van der Waals surface area contributed by atoms with Crippen LogP contribution in [-0.2, 0) is 0 Å². The molecule has 0 saturated carbocycles. The molecule has 1 saturated heterocycles. The first-order chi connectivity index (χ1) is 11.2. The third-order valence-corrected chi connectivity index (χ3v) is 5.30. The summed E-state index contributed by atoms with van der Waals surface area (Å²) in [7, 11) is 0. The number of rotatable bonds is 3. The van der Waals surface area contributed by atoms with Crippen LogP contribution in [0.4, 0.5) is 11.1 Å². The number of piperidine rings is 1. The van der Waals surface area contributed by atoms with Crippen molar-refractivity contribution in [3.05, 3.63) is 34.3 Å². The minimum Gasteiger partial charge on any atom is -0.359 e. The van der Waals surface area contributed by atoms with Crippen molar-refractivity contribution in [2.75, 3.05) is 23.3 Å². The van der Waals surface area contributed by atoms with Crippen molar-refractivity contribution in [1.82, 2.24) is 15.0 Å². The number of H-pyrrole nitrogens is 1. The van der Waals surface area contributed by atoms with E-state index in [2.05, 4.69) is 30.5 Å². The lowest BCUT2D eigenvalue weighted by atomic mass is 10.1. The quantitative estimate of drug-likeness (QED) is 0.750. The summed E-state index contributed by atoms with van der Waals surface area (Å²) in [6.45, 7) is 3.99. The maximum absolute atomic E-state index is 6.04. The first-order valence-corrected chi connectivity index (χ1v) is 9.02. The fourth-order valence-electron chi connectivity index (χ4n) is 2.95. The Morgan fingerprint density at radius 2 is 2.13 bits per heavy atom. The third-order valence-electron chi connectivity index (χ3n) is 4.17. The molecule has 3 heterocycles. The Hall–Kier alpha value is -1.79. The molecule has 4 rings (SSSR count). The monoisotopic (exact) mass is 347 g/mol. The highest BCUT2D eigenvalue weighted by atomic mass is 35.5. The number of aryl methyl sites for hydroxylation is 1. The molecule has 1 aliphatic heterocycles. The van der Waals surface area contributed by atoms with Crippen LogP contribution in [0, 0.1) is 6.92 Å². The van der Waals surface area contributed by atoms with Gasteiger partial charge in [0.2, 0.25) is 5.95 Å². The number of thiazole rings is 1. The molecule has 0 bridgehead atoms. The topological polar surface area (TPSA) is 56.8 Å². The summed E-state index contributed by atoms with van der Waals surface area (Å²) in [6, 6.07) is 6.24. The molecule has 1 fully saturated rings. The standard InChI is InChI=1S/C16H18ClN5S/c1-10-9-23-16(18-10)19-12-4-6-22(7-5-12)15-20-13-3-2-11(17)8-14(13)21-15/h2-3,8-9,12H,4-7H2,1H3,(H,18,19)(H,20,21). The van der Waals surface area contributed by atoms with E-state index in [1.807, 2.05) is 25.1 Å². The molecular formula is C16H18ClN5S. The van der Waals surface area contributed by atoms with Gasteiger partial charge in [0.25, 0.3) is 0 Å². The maximum Gasteiger partial charge on any atom is 0.203 e. The Bertz CT molecular complexity index is 819. The van der Waals surface area contributed by atoms with Gasteiger partial charge in [-0.2, -0.15) is 0 Å². The van der Waals surface area contributed by atoms with E-state index in [0.717, 1.165) is 58.8 Å². The fourth-order valence-corrected chi connectivity index (χ4v) is 3.89. The fraction of sp³-hybridized carbons (Fsp3) is 0.375. The van der Waals surface area contributed by atoms with Crippen molar-refractivity contribution >= 4 is 45.1 Å². The molecule has 0 spiro atoms. The van der Waals surface area contributed by atoms with Gasteiger partial charge in [-0.15, -0.1) is 11.3 Å². The summed E-state index contributed by atoms with van der Waals surface area (Å²) in [5.41, 5.74) is 3.03. The van der Waals surface area contributed by atoms with Crippen LogP contribution in [0.3, 0.4) is 0 Å². The zero-order valence-corrected chi connectivity index (χ0v) is 14.4. The van der Waals surface area contributed by atoms with Crippen LogP contribution in [-0.4, -0.2) is 34.1 Å². The number of aromatic nitrogens is 3. The number of nitrogens with one attached hydrogen (secondary N) is 2. The Balaban J connectivity index is 1.42. The van der Waals surface area contributed by atoms with Crippen LogP contribution in [0.25, 0.3) is 11.0 Å². The average molecular weight is 348 g/mol. The molecule has 2 N–H and O–H groups in total. The molecule has 1 aromatic carbocycles. The SMILES string of the molecule is Cc1csc(NC2CCN(c3nc4ccc(Cl)cc4[nH]3)CC2)n1. The predicted octanol–water partition coefficient (Wildman–Crippen LogP) is 4.06. The van der Waals surface area contributed by atoms with Gasteiger partial charge in [0.05, 0.1) is 16.7 Å². The average Bonchev–Trinajstić information content (AvgIpc) is 3.14. The van der Waals surface area contributed by atoms with Crippen LogP contribution in [0.5, 0.6) is 0 Å². The van der Waals surface area contributed by atoms with Gasteiger partial charge in [0, 0.05) is 29.5 Å². The molecule has 23 heavy (non-hydrogen) atoms. The predicted molar refractivity (Wildman–Crippen MR) is 96.8 cm³/mol. The van der Waals surface area contributed by atoms with Gasteiger partial charge in [-0.3, -0.25) is 0 Å². The summed E-state index contributed by atoms with van der Waals surface area (Å²) in [4.78, 5) is 14.8. The molecule has 7 heteroatoms. The first kappa shape index (κ1) is 14.8. The summed E-state index contributed by atoms with van der Waals surface area (Å²) >= 11 is 7.71. The molecule has 2 aromatic heterocycles. The molecule has 0 aliphatic carbocycles. The van der Waals surface area contributed by atoms with Crippen LogP contribution in [0.15, 0.2) is 23.6 Å². The summed E-state index contributed by atoms with van der Waals surface area (Å²) < 4.78 is 0. The normalized spacial score (nSPS) is 16.2. The molecule has 0 atom stereocenters. The molecule has 0 amide bonds. The number of hydrogen-bond acceptors (Lipinski definition) is 5. The lowest BCUT2D eigenvalue weighted by Crippen LogP contribution is -2.39. The summed E-state index contributed by atoms with van der Waals surface area (Å²) in [6.07, 6.45) is 2.16. The highest BCUT2D eigenvalue weighted by Crippen LogP contribution is 2.25. The van der Waals surface area contributed by atoms with Gasteiger partial charge < -0.3 is 15.2 Å². The van der Waals surface area contributed by atoms with Gasteiger partial charge in [-0.25, -0.2) is 9.97 Å². The lowest BCUT2D eigenvalue weighted by Gasteiger charge is -2.32. The second kappa shape index (κ2) is 6.02. The smallest absolute Gasteiger partial charge is 0.203 e. The van der Waals surface area contributed by atoms with Crippen molar-refractivity contribution in [3.8, 4) is 0 Å². The van der Waals surface area contributed by atoms with Crippen LogP contribution >= 0.6 is 22.9 Å². The van der Waals surface area contributed by atoms with Gasteiger partial charge in [-0.1, -0.05) is 11.6 Å². The number of benzene rings is 1. The molecule has 1 aliphatic rings. The summed E-state index contributed by atoms with van der Waals surface area (Å²) in [5.74, 6) is 0.936. The number of halogens is 1. The highest BCUT2D eigenvalue weighted by Gasteiger charge is 2.22. The molecule has 3 aromatic rings. The second-order valence-electron chi connectivity index (χ2n) is 5.92. The molecule has 120 valence electrons. The number of fused-ring (bicyclic) bond motifs is 1. The lowest BCUT2D eigenvalue weighted by molar-refractivity contribution is 0.521. The molecule has 0 unspecified atom stereocenters. The van der Waals surface area contributed by atoms with Gasteiger partial charge in [0.1, 0.15) is 0 Å². The number of imidazole rings is 1. The number of nitrogens with zero attached hydrogens (tertiary/aromatic N) is 3. The Morgan fingerprint density at radius 3 is 2.87 bits per heavy atom. The minimum atomic E-state index is 0.482. The second-order valence-corrected chi connectivity index (χ2v) is 7.22. The number of anilines is 2. The first-order valence-electron chi connectivity index (χ1n) is 7.76. The van der Waals surface area contributed by atoms with E-state index in [9.17, 15) is 0 Å². The van der Waals surface area contributed by atoms with E-state index < -0.39 is 0 Å². The van der Waals surface area contributed by atoms with Crippen molar-refractivity contribution in [2.24, 2.45) is 0 Å². The Morgan fingerprint density at radius 1 is 1.30 bits per heavy atom. The minimum absolute atomic E-state index is 0.482. The van der Waals surface area contributed by atoms with Gasteiger partial charge in [0.15, 0.2) is 5.13 Å². The van der Waals surface area contributed by atoms with Crippen molar-refractivity contribution in [3.63, 3.8) is 0 Å². The number of hydrogen-bond donors (Lipinski definition) is 2. The van der Waals surface area contributed by atoms with Gasteiger partial charge in [-0.05, 0) is 38.0 Å². The van der Waals surface area contributed by atoms with Crippen LogP contribution < -0.4 is 10.2 Å². The largest absolute Gasteiger partial charge is 0.359 e. The van der Waals surface area contributed by atoms with E-state index >= 15 is 0 Å². The van der Waals surface area contributed by atoms with E-state index in [0.29, 0.717) is 6.04 Å². The molecule has 0 radical (unpaired) electrons. The van der Waals surface area contributed by atoms with E-state index in [4.69, 9.17) is 11.6 Å². The maximum atomic E-state index is 6.04. The molecule has 5 nitrogen and oxygen atoms in total. The zero-order chi connectivity index (χ0) is 15.8. The van der Waals surface area contributed by atoms with Crippen LogP contribution in [0.2, 0.25) is 5.02 Å². The van der Waals surface area contributed by atoms with E-state index in [-0.39, 0.29) is 0 Å². The molecular weight excluding hydrogens is 330 g/mol. The zero-order valence-electron chi connectivity index (χ0n) is 12.8. The Kier molecular flexibility index (Phi) is 3.87. The van der Waals surface area contributed by atoms with E-state index in [1.54, 1.807) is 11.3 Å². The van der Waals surface area contributed by atoms with E-state index in [1.165, 1.54) is 0 Å².